The molecule has 0 saturated heterocycles. The van der Waals surface area contributed by atoms with Crippen LogP contribution in [-0.2, 0) is 13.1 Å². The van der Waals surface area contributed by atoms with E-state index >= 15 is 0 Å². The summed E-state index contributed by atoms with van der Waals surface area (Å²) in [6.45, 7) is 4.63. The number of rotatable bonds is 6. The molecule has 130 valence electrons. The first-order chi connectivity index (χ1) is 12.1. The Morgan fingerprint density at radius 3 is 2.60 bits per heavy atom. The highest BCUT2D eigenvalue weighted by Gasteiger charge is 2.21. The van der Waals surface area contributed by atoms with E-state index in [2.05, 4.69) is 15.6 Å². The van der Waals surface area contributed by atoms with E-state index in [9.17, 15) is 4.79 Å². The highest BCUT2D eigenvalue weighted by molar-refractivity contribution is 5.94. The molecule has 7 heteroatoms. The molecule has 0 aliphatic rings. The number of hydrogen-bond acceptors (Lipinski definition) is 5. The van der Waals surface area contributed by atoms with E-state index in [0.717, 1.165) is 11.3 Å². The van der Waals surface area contributed by atoms with E-state index in [1.807, 2.05) is 50.2 Å². The Labute approximate surface area is 145 Å². The summed E-state index contributed by atoms with van der Waals surface area (Å²) in [5, 5.41) is 10.8. The van der Waals surface area contributed by atoms with E-state index in [1.54, 1.807) is 4.68 Å². The predicted octanol–water partition coefficient (Wildman–Crippen LogP) is 2.47. The van der Waals surface area contributed by atoms with E-state index in [1.165, 1.54) is 12.7 Å². The highest BCUT2D eigenvalue weighted by Crippen LogP contribution is 2.17. The Morgan fingerprint density at radius 1 is 1.20 bits per heavy atom. The molecule has 3 rings (SSSR count). The van der Waals surface area contributed by atoms with Gasteiger partial charge in [-0.1, -0.05) is 35.0 Å². The van der Waals surface area contributed by atoms with Crippen LogP contribution in [0.4, 0.5) is 0 Å². The third kappa shape index (κ3) is 3.88. The van der Waals surface area contributed by atoms with Gasteiger partial charge in [-0.15, -0.1) is 5.10 Å². The number of carbonyl (C=O) groups excluding carboxylic acids is 1. The quantitative estimate of drug-likeness (QED) is 0.745. The van der Waals surface area contributed by atoms with Gasteiger partial charge in [0, 0.05) is 0 Å². The molecule has 0 saturated carbocycles. The van der Waals surface area contributed by atoms with Gasteiger partial charge in [-0.05, 0) is 31.5 Å². The van der Waals surface area contributed by atoms with Crippen LogP contribution >= 0.6 is 0 Å². The van der Waals surface area contributed by atoms with E-state index < -0.39 is 0 Å². The molecule has 0 radical (unpaired) electrons. The largest absolute Gasteiger partial charge is 0.479 e. The van der Waals surface area contributed by atoms with Crippen LogP contribution in [0.2, 0.25) is 0 Å². The molecule has 0 atom stereocenters. The van der Waals surface area contributed by atoms with Crippen LogP contribution in [-0.4, -0.2) is 28.0 Å². The van der Waals surface area contributed by atoms with Gasteiger partial charge in [0.1, 0.15) is 11.5 Å². The maximum atomic E-state index is 12.4. The Morgan fingerprint density at radius 2 is 1.96 bits per heavy atom. The van der Waals surface area contributed by atoms with Gasteiger partial charge in [0.05, 0.1) is 20.2 Å². The number of amides is 1. The van der Waals surface area contributed by atoms with Crippen molar-refractivity contribution in [2.45, 2.75) is 26.9 Å². The van der Waals surface area contributed by atoms with Crippen LogP contribution in [0.1, 0.15) is 33.1 Å². The van der Waals surface area contributed by atoms with Gasteiger partial charge < -0.3 is 14.5 Å². The Kier molecular flexibility index (Phi) is 4.83. The highest BCUT2D eigenvalue weighted by atomic mass is 16.5. The predicted molar refractivity (Wildman–Crippen MR) is 91.5 cm³/mol. The van der Waals surface area contributed by atoms with Gasteiger partial charge in [0.25, 0.3) is 5.91 Å². The molecule has 0 bridgehead atoms. The summed E-state index contributed by atoms with van der Waals surface area (Å²) in [4.78, 5) is 12.4. The Hall–Kier alpha value is -3.09. The lowest BCUT2D eigenvalue weighted by Gasteiger charge is -2.07. The van der Waals surface area contributed by atoms with E-state index in [4.69, 9.17) is 9.15 Å². The molecule has 1 N–H and O–H groups in total. The minimum absolute atomic E-state index is 0.151. The fourth-order valence-corrected chi connectivity index (χ4v) is 2.45. The van der Waals surface area contributed by atoms with Crippen molar-refractivity contribution in [3.8, 4) is 5.88 Å². The van der Waals surface area contributed by atoms with Crippen LogP contribution in [0.3, 0.4) is 0 Å². The molecule has 0 aliphatic heterocycles. The summed E-state index contributed by atoms with van der Waals surface area (Å²) >= 11 is 0. The van der Waals surface area contributed by atoms with E-state index in [-0.39, 0.29) is 18.1 Å². The van der Waals surface area contributed by atoms with Crippen LogP contribution in [0, 0.1) is 13.8 Å². The lowest BCUT2D eigenvalue weighted by Crippen LogP contribution is -2.23. The fraction of sp³-hybridized carbons (Fsp3) is 0.278. The summed E-state index contributed by atoms with van der Waals surface area (Å²) in [7, 11) is 1.50. The van der Waals surface area contributed by atoms with Crippen molar-refractivity contribution >= 4 is 5.91 Å². The molecule has 25 heavy (non-hydrogen) atoms. The third-order valence-corrected chi connectivity index (χ3v) is 3.77. The molecular weight excluding hydrogens is 320 g/mol. The van der Waals surface area contributed by atoms with Crippen LogP contribution < -0.4 is 10.1 Å². The van der Waals surface area contributed by atoms with E-state index in [0.29, 0.717) is 18.2 Å². The van der Waals surface area contributed by atoms with Crippen LogP contribution in [0.15, 0.2) is 40.8 Å². The molecular formula is C18H20N4O3. The first kappa shape index (κ1) is 16.8. The first-order valence-electron chi connectivity index (χ1n) is 7.93. The van der Waals surface area contributed by atoms with Gasteiger partial charge >= 0.3 is 0 Å². The average molecular weight is 340 g/mol. The zero-order valence-electron chi connectivity index (χ0n) is 14.4. The SMILES string of the molecule is COc1c(C(=O)NCc2ccc(C)o2)nnn1Cc1ccc(C)cc1. The molecule has 3 aromatic rings. The number of furan rings is 1. The number of ether oxygens (including phenoxy) is 1. The van der Waals surface area contributed by atoms with Crippen LogP contribution in [0.25, 0.3) is 0 Å². The second-order valence-electron chi connectivity index (χ2n) is 5.79. The van der Waals surface area contributed by atoms with Crippen molar-refractivity contribution in [2.24, 2.45) is 0 Å². The summed E-state index contributed by atoms with van der Waals surface area (Å²) in [5.74, 6) is 1.44. The minimum atomic E-state index is -0.360. The maximum absolute atomic E-state index is 12.4. The molecule has 7 nitrogen and oxygen atoms in total. The van der Waals surface area contributed by atoms with Crippen molar-refractivity contribution in [3.05, 3.63) is 64.7 Å². The summed E-state index contributed by atoms with van der Waals surface area (Å²) in [5.41, 5.74) is 2.38. The number of hydrogen-bond donors (Lipinski definition) is 1. The lowest BCUT2D eigenvalue weighted by atomic mass is 10.1. The molecule has 2 aromatic heterocycles. The zero-order chi connectivity index (χ0) is 17.8. The van der Waals surface area contributed by atoms with Crippen molar-refractivity contribution in [2.75, 3.05) is 7.11 Å². The van der Waals surface area contributed by atoms with Gasteiger partial charge in [0.15, 0.2) is 0 Å². The molecule has 2 heterocycles. The van der Waals surface area contributed by atoms with Crippen molar-refractivity contribution in [3.63, 3.8) is 0 Å². The summed E-state index contributed by atoms with van der Waals surface area (Å²) in [6.07, 6.45) is 0. The molecule has 0 unspecified atom stereocenters. The van der Waals surface area contributed by atoms with Gasteiger partial charge in [-0.25, -0.2) is 4.68 Å². The van der Waals surface area contributed by atoms with Crippen molar-refractivity contribution < 1.29 is 13.9 Å². The molecule has 0 fully saturated rings. The smallest absolute Gasteiger partial charge is 0.277 e. The normalized spacial score (nSPS) is 10.7. The molecule has 0 spiro atoms. The lowest BCUT2D eigenvalue weighted by molar-refractivity contribution is 0.0939. The summed E-state index contributed by atoms with van der Waals surface area (Å²) in [6, 6.07) is 11.7. The number of methoxy groups -OCH3 is 1. The zero-order valence-corrected chi connectivity index (χ0v) is 14.4. The number of nitrogens with zero attached hydrogens (tertiary/aromatic N) is 3. The molecule has 0 aliphatic carbocycles. The second kappa shape index (κ2) is 7.21. The number of benzene rings is 1. The molecule has 1 amide bonds. The van der Waals surface area contributed by atoms with Crippen molar-refractivity contribution in [1.82, 2.24) is 20.3 Å². The third-order valence-electron chi connectivity index (χ3n) is 3.77. The fourth-order valence-electron chi connectivity index (χ4n) is 2.45. The monoisotopic (exact) mass is 340 g/mol. The standard InChI is InChI=1S/C18H20N4O3/c1-12-4-7-14(8-5-12)11-22-18(24-3)16(20-21-22)17(23)19-10-15-9-6-13(2)25-15/h4-9H,10-11H2,1-3H3,(H,19,23). The molecule has 1 aromatic carbocycles. The topological polar surface area (TPSA) is 82.2 Å². The van der Waals surface area contributed by atoms with Crippen molar-refractivity contribution in [1.29, 1.82) is 0 Å². The number of aryl methyl sites for hydroxylation is 2. The Bertz CT molecular complexity index is 865. The maximum Gasteiger partial charge on any atom is 0.277 e. The van der Waals surface area contributed by atoms with Crippen LogP contribution in [0.5, 0.6) is 5.88 Å². The first-order valence-corrected chi connectivity index (χ1v) is 7.93. The average Bonchev–Trinajstić information content (AvgIpc) is 3.20. The van der Waals surface area contributed by atoms with Gasteiger partial charge in [-0.3, -0.25) is 4.79 Å². The van der Waals surface area contributed by atoms with Gasteiger partial charge in [-0.2, -0.15) is 0 Å². The minimum Gasteiger partial charge on any atom is -0.479 e. The number of aromatic nitrogens is 3. The second-order valence-corrected chi connectivity index (χ2v) is 5.79. The Balaban J connectivity index is 1.72. The number of carbonyl (C=O) groups is 1. The summed E-state index contributed by atoms with van der Waals surface area (Å²) < 4.78 is 12.3. The van der Waals surface area contributed by atoms with Gasteiger partial charge in [0.2, 0.25) is 11.6 Å². The number of nitrogens with one attached hydrogen (secondary N) is 1.